The Morgan fingerprint density at radius 1 is 0.800 bits per heavy atom. The van der Waals surface area contributed by atoms with Crippen molar-refractivity contribution in [1.29, 1.82) is 0 Å². The molecule has 0 radical (unpaired) electrons. The lowest BCUT2D eigenvalue weighted by Gasteiger charge is -2.10. The number of benzene rings is 2. The first kappa shape index (κ1) is 14.0. The van der Waals surface area contributed by atoms with Crippen LogP contribution < -0.4 is 0 Å². The summed E-state index contributed by atoms with van der Waals surface area (Å²) in [6.45, 7) is 5.78. The van der Waals surface area contributed by atoms with E-state index in [2.05, 4.69) is 0 Å². The highest BCUT2D eigenvalue weighted by Gasteiger charge is 2.17. The van der Waals surface area contributed by atoms with Crippen LogP contribution in [-0.2, 0) is 4.74 Å². The Labute approximate surface area is 118 Å². The Morgan fingerprint density at radius 3 is 2.10 bits per heavy atom. The van der Waals surface area contributed by atoms with Gasteiger partial charge in [-0.15, -0.1) is 0 Å². The normalized spacial score (nSPS) is 10.2. The molecule has 0 amide bonds. The summed E-state index contributed by atoms with van der Waals surface area (Å²) in [5.41, 5.74) is 3.77. The van der Waals surface area contributed by atoms with Gasteiger partial charge in [-0.05, 0) is 55.7 Å². The molecule has 0 aliphatic heterocycles. The first-order valence-electron chi connectivity index (χ1n) is 6.39. The van der Waals surface area contributed by atoms with E-state index in [9.17, 15) is 9.59 Å². The molecule has 0 unspecified atom stereocenters. The summed E-state index contributed by atoms with van der Waals surface area (Å²) in [6, 6.07) is 12.0. The molecule has 0 bridgehead atoms. The smallest absolute Gasteiger partial charge is 0.346 e. The van der Waals surface area contributed by atoms with Gasteiger partial charge < -0.3 is 4.74 Å². The second-order valence-electron chi connectivity index (χ2n) is 4.72. The van der Waals surface area contributed by atoms with Gasteiger partial charge in [0.2, 0.25) is 0 Å². The molecular weight excluding hydrogens is 252 g/mol. The first-order chi connectivity index (χ1) is 9.50. The van der Waals surface area contributed by atoms with Gasteiger partial charge in [0.05, 0.1) is 11.1 Å². The standard InChI is InChI=1S/C17H16O3/c1-11-9-10-15(13(3)12(11)2)17(19)20-16(18)14-7-5-4-6-8-14/h4-10H,1-3H3. The predicted octanol–water partition coefficient (Wildman–Crippen LogP) is 3.61. The van der Waals surface area contributed by atoms with Crippen LogP contribution in [0.1, 0.15) is 37.4 Å². The maximum atomic E-state index is 12.1. The largest absolute Gasteiger partial charge is 0.386 e. The number of carbonyl (C=O) groups excluding carboxylic acids is 2. The third-order valence-corrected chi connectivity index (χ3v) is 3.47. The lowest BCUT2D eigenvalue weighted by atomic mass is 9.99. The Morgan fingerprint density at radius 2 is 1.45 bits per heavy atom. The topological polar surface area (TPSA) is 43.4 Å². The fourth-order valence-electron chi connectivity index (χ4n) is 1.95. The molecule has 0 saturated carbocycles. The van der Waals surface area contributed by atoms with Crippen LogP contribution in [0.4, 0.5) is 0 Å². The van der Waals surface area contributed by atoms with E-state index in [1.807, 2.05) is 26.8 Å². The minimum Gasteiger partial charge on any atom is -0.386 e. The Bertz CT molecular complexity index is 657. The third kappa shape index (κ3) is 2.77. The lowest BCUT2D eigenvalue weighted by molar-refractivity contribution is 0.0397. The van der Waals surface area contributed by atoms with Crippen LogP contribution in [0.25, 0.3) is 0 Å². The van der Waals surface area contributed by atoms with Gasteiger partial charge in [-0.25, -0.2) is 9.59 Å². The Hall–Kier alpha value is -2.42. The summed E-state index contributed by atoms with van der Waals surface area (Å²) in [4.78, 5) is 23.9. The lowest BCUT2D eigenvalue weighted by Crippen LogP contribution is -2.14. The average molecular weight is 268 g/mol. The fourth-order valence-corrected chi connectivity index (χ4v) is 1.95. The summed E-state index contributed by atoms with van der Waals surface area (Å²) in [5.74, 6) is -1.24. The van der Waals surface area contributed by atoms with Crippen molar-refractivity contribution in [2.45, 2.75) is 20.8 Å². The molecule has 3 nitrogen and oxygen atoms in total. The van der Waals surface area contributed by atoms with Crippen LogP contribution in [0, 0.1) is 20.8 Å². The van der Waals surface area contributed by atoms with Crippen molar-refractivity contribution < 1.29 is 14.3 Å². The van der Waals surface area contributed by atoms with Crippen LogP contribution >= 0.6 is 0 Å². The van der Waals surface area contributed by atoms with E-state index >= 15 is 0 Å². The monoisotopic (exact) mass is 268 g/mol. The molecule has 0 N–H and O–H groups in total. The number of hydrogen-bond acceptors (Lipinski definition) is 3. The number of aryl methyl sites for hydroxylation is 1. The van der Waals surface area contributed by atoms with E-state index in [-0.39, 0.29) is 0 Å². The summed E-state index contributed by atoms with van der Waals surface area (Å²) in [7, 11) is 0. The number of hydrogen-bond donors (Lipinski definition) is 0. The zero-order valence-corrected chi connectivity index (χ0v) is 11.8. The van der Waals surface area contributed by atoms with E-state index in [1.165, 1.54) is 0 Å². The van der Waals surface area contributed by atoms with Crippen molar-refractivity contribution >= 4 is 11.9 Å². The van der Waals surface area contributed by atoms with Crippen molar-refractivity contribution in [3.05, 3.63) is 70.3 Å². The zero-order chi connectivity index (χ0) is 14.7. The molecule has 0 aliphatic rings. The molecule has 3 heteroatoms. The molecule has 0 fully saturated rings. The fraction of sp³-hybridized carbons (Fsp3) is 0.176. The molecule has 2 aromatic rings. The van der Waals surface area contributed by atoms with Gasteiger partial charge in [0, 0.05) is 0 Å². The summed E-state index contributed by atoms with van der Waals surface area (Å²) >= 11 is 0. The molecule has 2 rings (SSSR count). The van der Waals surface area contributed by atoms with Gasteiger partial charge in [-0.3, -0.25) is 0 Å². The van der Waals surface area contributed by atoms with Crippen molar-refractivity contribution in [3.63, 3.8) is 0 Å². The van der Waals surface area contributed by atoms with Crippen LogP contribution in [0.3, 0.4) is 0 Å². The van der Waals surface area contributed by atoms with Crippen molar-refractivity contribution in [1.82, 2.24) is 0 Å². The van der Waals surface area contributed by atoms with Gasteiger partial charge in [-0.1, -0.05) is 24.3 Å². The molecule has 0 spiro atoms. The highest BCUT2D eigenvalue weighted by atomic mass is 16.6. The number of ether oxygens (including phenoxy) is 1. The summed E-state index contributed by atoms with van der Waals surface area (Å²) in [5, 5.41) is 0. The Balaban J connectivity index is 2.21. The highest BCUT2D eigenvalue weighted by Crippen LogP contribution is 2.18. The number of esters is 2. The quantitative estimate of drug-likeness (QED) is 0.617. The van der Waals surface area contributed by atoms with Gasteiger partial charge in [0.25, 0.3) is 0 Å². The van der Waals surface area contributed by atoms with E-state index in [1.54, 1.807) is 36.4 Å². The number of carbonyl (C=O) groups is 2. The van der Waals surface area contributed by atoms with Gasteiger partial charge in [0.1, 0.15) is 0 Å². The van der Waals surface area contributed by atoms with Crippen LogP contribution in [0.5, 0.6) is 0 Å². The molecule has 2 aromatic carbocycles. The summed E-state index contributed by atoms with van der Waals surface area (Å²) < 4.78 is 4.92. The third-order valence-electron chi connectivity index (χ3n) is 3.47. The summed E-state index contributed by atoms with van der Waals surface area (Å²) in [6.07, 6.45) is 0. The molecule has 0 aromatic heterocycles. The maximum absolute atomic E-state index is 12.1. The second-order valence-corrected chi connectivity index (χ2v) is 4.72. The first-order valence-corrected chi connectivity index (χ1v) is 6.39. The zero-order valence-electron chi connectivity index (χ0n) is 11.8. The second kappa shape index (κ2) is 5.70. The van der Waals surface area contributed by atoms with Gasteiger partial charge in [-0.2, -0.15) is 0 Å². The molecule has 0 saturated heterocycles. The molecule has 0 aliphatic carbocycles. The molecule has 20 heavy (non-hydrogen) atoms. The van der Waals surface area contributed by atoms with Crippen LogP contribution in [0.2, 0.25) is 0 Å². The number of rotatable bonds is 2. The SMILES string of the molecule is Cc1ccc(C(=O)OC(=O)c2ccccc2)c(C)c1C. The Kier molecular flexibility index (Phi) is 3.99. The van der Waals surface area contributed by atoms with Crippen molar-refractivity contribution in [2.24, 2.45) is 0 Å². The van der Waals surface area contributed by atoms with E-state index in [4.69, 9.17) is 4.74 Å². The van der Waals surface area contributed by atoms with E-state index in [0.717, 1.165) is 16.7 Å². The van der Waals surface area contributed by atoms with Crippen LogP contribution in [0.15, 0.2) is 42.5 Å². The maximum Gasteiger partial charge on any atom is 0.346 e. The van der Waals surface area contributed by atoms with Crippen molar-refractivity contribution in [2.75, 3.05) is 0 Å². The predicted molar refractivity (Wildman–Crippen MR) is 76.8 cm³/mol. The van der Waals surface area contributed by atoms with Gasteiger partial charge in [0.15, 0.2) is 0 Å². The van der Waals surface area contributed by atoms with E-state index < -0.39 is 11.9 Å². The molecule has 102 valence electrons. The molecule has 0 atom stereocenters. The van der Waals surface area contributed by atoms with E-state index in [0.29, 0.717) is 11.1 Å². The van der Waals surface area contributed by atoms with Gasteiger partial charge >= 0.3 is 11.9 Å². The molecule has 0 heterocycles. The minimum atomic E-state index is -0.631. The van der Waals surface area contributed by atoms with Crippen LogP contribution in [-0.4, -0.2) is 11.9 Å². The minimum absolute atomic E-state index is 0.363. The average Bonchev–Trinajstić information content (AvgIpc) is 2.45. The molecular formula is C17H16O3. The highest BCUT2D eigenvalue weighted by molar-refractivity contribution is 6.03. The van der Waals surface area contributed by atoms with Crippen molar-refractivity contribution in [3.8, 4) is 0 Å².